The highest BCUT2D eigenvalue weighted by molar-refractivity contribution is 5.75. The molecule has 1 N–H and O–H groups in total. The quantitative estimate of drug-likeness (QED) is 0.899. The van der Waals surface area contributed by atoms with Crippen LogP contribution in [0.15, 0.2) is 18.2 Å². The zero-order valence-corrected chi connectivity index (χ0v) is 12.2. The largest absolute Gasteiger partial charge is 0.481 e. The van der Waals surface area contributed by atoms with Gasteiger partial charge in [-0.2, -0.15) is 0 Å². The van der Waals surface area contributed by atoms with E-state index in [0.29, 0.717) is 19.5 Å². The Morgan fingerprint density at radius 1 is 1.50 bits per heavy atom. The Balaban J connectivity index is 2.07. The van der Waals surface area contributed by atoms with Gasteiger partial charge in [-0.1, -0.05) is 19.4 Å². The second-order valence-corrected chi connectivity index (χ2v) is 5.87. The molecule has 1 atom stereocenters. The average molecular weight is 279 g/mol. The number of nitrogens with zero attached hydrogens (tertiary/aromatic N) is 1. The Kier molecular flexibility index (Phi) is 4.43. The number of aliphatic carboxylic acids is 1. The van der Waals surface area contributed by atoms with E-state index in [9.17, 15) is 14.3 Å². The van der Waals surface area contributed by atoms with Crippen molar-refractivity contribution in [1.82, 2.24) is 4.90 Å². The van der Waals surface area contributed by atoms with Crippen LogP contribution >= 0.6 is 0 Å². The third kappa shape index (κ3) is 3.01. The monoisotopic (exact) mass is 279 g/mol. The van der Waals surface area contributed by atoms with Gasteiger partial charge in [-0.05, 0) is 49.6 Å². The molecule has 1 aliphatic rings. The lowest BCUT2D eigenvalue weighted by Crippen LogP contribution is -2.34. The highest BCUT2D eigenvalue weighted by Crippen LogP contribution is 2.36. The molecule has 0 bridgehead atoms. The lowest BCUT2D eigenvalue weighted by molar-refractivity contribution is -0.148. The molecule has 1 unspecified atom stereocenters. The van der Waals surface area contributed by atoms with Gasteiger partial charge in [0, 0.05) is 13.1 Å². The van der Waals surface area contributed by atoms with Gasteiger partial charge in [0.15, 0.2) is 0 Å². The lowest BCUT2D eigenvalue weighted by atomic mass is 9.83. The SMILES string of the molecule is CCCC1(C(=O)O)CCN(Cc2ccc(F)cc2C)C1. The molecular formula is C16H22FNO2. The number of halogens is 1. The minimum absolute atomic E-state index is 0.224. The smallest absolute Gasteiger partial charge is 0.310 e. The molecule has 1 saturated heterocycles. The topological polar surface area (TPSA) is 40.5 Å². The van der Waals surface area contributed by atoms with E-state index in [4.69, 9.17) is 0 Å². The van der Waals surface area contributed by atoms with Gasteiger partial charge in [0.2, 0.25) is 0 Å². The van der Waals surface area contributed by atoms with Crippen LogP contribution in [0.2, 0.25) is 0 Å². The highest BCUT2D eigenvalue weighted by Gasteiger charge is 2.43. The molecule has 3 nitrogen and oxygen atoms in total. The highest BCUT2D eigenvalue weighted by atomic mass is 19.1. The van der Waals surface area contributed by atoms with Crippen molar-refractivity contribution in [2.75, 3.05) is 13.1 Å². The van der Waals surface area contributed by atoms with Gasteiger partial charge in [0.1, 0.15) is 5.82 Å². The zero-order valence-electron chi connectivity index (χ0n) is 12.2. The first-order valence-electron chi connectivity index (χ1n) is 7.17. The summed E-state index contributed by atoms with van der Waals surface area (Å²) in [6.07, 6.45) is 2.31. The normalized spacial score (nSPS) is 23.1. The van der Waals surface area contributed by atoms with Crippen LogP contribution in [0.25, 0.3) is 0 Å². The molecule has 1 aromatic carbocycles. The van der Waals surface area contributed by atoms with Crippen LogP contribution in [0, 0.1) is 18.2 Å². The summed E-state index contributed by atoms with van der Waals surface area (Å²) in [4.78, 5) is 13.7. The summed E-state index contributed by atoms with van der Waals surface area (Å²) in [5.74, 6) is -0.906. The minimum Gasteiger partial charge on any atom is -0.481 e. The molecule has 0 saturated carbocycles. The average Bonchev–Trinajstić information content (AvgIpc) is 2.78. The summed E-state index contributed by atoms with van der Waals surface area (Å²) >= 11 is 0. The van der Waals surface area contributed by atoms with Gasteiger partial charge >= 0.3 is 5.97 Å². The molecule has 0 amide bonds. The summed E-state index contributed by atoms with van der Waals surface area (Å²) in [6.45, 7) is 6.00. The maximum atomic E-state index is 13.1. The number of hydrogen-bond donors (Lipinski definition) is 1. The summed E-state index contributed by atoms with van der Waals surface area (Å²) in [6, 6.07) is 4.79. The van der Waals surface area contributed by atoms with Crippen LogP contribution in [0.3, 0.4) is 0 Å². The Morgan fingerprint density at radius 3 is 2.85 bits per heavy atom. The fourth-order valence-electron chi connectivity index (χ4n) is 3.13. The molecule has 20 heavy (non-hydrogen) atoms. The zero-order chi connectivity index (χ0) is 14.8. The van der Waals surface area contributed by atoms with Crippen LogP contribution in [0.5, 0.6) is 0 Å². The van der Waals surface area contributed by atoms with Crippen LogP contribution in [-0.2, 0) is 11.3 Å². The summed E-state index contributed by atoms with van der Waals surface area (Å²) in [5, 5.41) is 9.49. The summed E-state index contributed by atoms with van der Waals surface area (Å²) in [5.41, 5.74) is 1.40. The molecule has 0 radical (unpaired) electrons. The number of rotatable bonds is 5. The van der Waals surface area contributed by atoms with Crippen molar-refractivity contribution in [2.24, 2.45) is 5.41 Å². The number of carboxylic acids is 1. The van der Waals surface area contributed by atoms with Gasteiger partial charge in [-0.15, -0.1) is 0 Å². The maximum Gasteiger partial charge on any atom is 0.310 e. The lowest BCUT2D eigenvalue weighted by Gasteiger charge is -2.24. The van der Waals surface area contributed by atoms with Crippen LogP contribution in [-0.4, -0.2) is 29.1 Å². The van der Waals surface area contributed by atoms with Crippen molar-refractivity contribution >= 4 is 5.97 Å². The van der Waals surface area contributed by atoms with E-state index in [1.54, 1.807) is 6.07 Å². The number of hydrogen-bond acceptors (Lipinski definition) is 2. The second-order valence-electron chi connectivity index (χ2n) is 5.87. The van der Waals surface area contributed by atoms with E-state index >= 15 is 0 Å². The maximum absolute atomic E-state index is 13.1. The minimum atomic E-state index is -0.683. The van der Waals surface area contributed by atoms with Crippen molar-refractivity contribution < 1.29 is 14.3 Å². The molecule has 1 aliphatic heterocycles. The third-order valence-corrected chi connectivity index (χ3v) is 4.31. The number of aryl methyl sites for hydroxylation is 1. The predicted molar refractivity (Wildman–Crippen MR) is 76.0 cm³/mol. The molecule has 0 aliphatic carbocycles. The van der Waals surface area contributed by atoms with Gasteiger partial charge in [-0.25, -0.2) is 4.39 Å². The van der Waals surface area contributed by atoms with Gasteiger partial charge < -0.3 is 5.11 Å². The summed E-state index contributed by atoms with van der Waals surface area (Å²) in [7, 11) is 0. The van der Waals surface area contributed by atoms with Crippen LogP contribution in [0.4, 0.5) is 4.39 Å². The first-order chi connectivity index (χ1) is 9.47. The number of likely N-dealkylation sites (tertiary alicyclic amines) is 1. The first-order valence-corrected chi connectivity index (χ1v) is 7.17. The van der Waals surface area contributed by atoms with Crippen molar-refractivity contribution in [3.05, 3.63) is 35.1 Å². The van der Waals surface area contributed by atoms with Crippen molar-refractivity contribution in [3.63, 3.8) is 0 Å². The third-order valence-electron chi connectivity index (χ3n) is 4.31. The fourth-order valence-corrected chi connectivity index (χ4v) is 3.13. The predicted octanol–water partition coefficient (Wildman–Crippen LogP) is 3.21. The van der Waals surface area contributed by atoms with Crippen molar-refractivity contribution in [1.29, 1.82) is 0 Å². The standard InChI is InChI=1S/C16H22FNO2/c1-3-6-16(15(19)20)7-8-18(11-16)10-13-4-5-14(17)9-12(13)2/h4-5,9H,3,6-8,10-11H2,1-2H3,(H,19,20). The Morgan fingerprint density at radius 2 is 2.25 bits per heavy atom. The van der Waals surface area contributed by atoms with Crippen molar-refractivity contribution in [3.8, 4) is 0 Å². The number of carbonyl (C=O) groups is 1. The first kappa shape index (κ1) is 15.0. The Bertz CT molecular complexity index is 503. The van der Waals surface area contributed by atoms with E-state index in [0.717, 1.165) is 30.5 Å². The number of carboxylic acid groups (broad SMARTS) is 1. The second kappa shape index (κ2) is 5.92. The van der Waals surface area contributed by atoms with E-state index in [2.05, 4.69) is 4.90 Å². The summed E-state index contributed by atoms with van der Waals surface area (Å²) < 4.78 is 13.1. The van der Waals surface area contributed by atoms with Gasteiger partial charge in [0.25, 0.3) is 0 Å². The van der Waals surface area contributed by atoms with Gasteiger partial charge in [0.05, 0.1) is 5.41 Å². The number of benzene rings is 1. The molecule has 1 fully saturated rings. The molecule has 4 heteroatoms. The Labute approximate surface area is 119 Å². The van der Waals surface area contributed by atoms with Crippen molar-refractivity contribution in [2.45, 2.75) is 39.7 Å². The van der Waals surface area contributed by atoms with E-state index in [-0.39, 0.29) is 5.82 Å². The Hall–Kier alpha value is -1.42. The molecule has 110 valence electrons. The molecule has 2 rings (SSSR count). The molecule has 1 heterocycles. The molecule has 0 spiro atoms. The van der Waals surface area contributed by atoms with E-state index < -0.39 is 11.4 Å². The van der Waals surface area contributed by atoms with Crippen LogP contribution in [0.1, 0.15) is 37.3 Å². The van der Waals surface area contributed by atoms with Gasteiger partial charge in [-0.3, -0.25) is 9.69 Å². The fraction of sp³-hybridized carbons (Fsp3) is 0.562. The van der Waals surface area contributed by atoms with E-state index in [1.165, 1.54) is 12.1 Å². The van der Waals surface area contributed by atoms with E-state index in [1.807, 2.05) is 13.8 Å². The molecule has 0 aromatic heterocycles. The molecular weight excluding hydrogens is 257 g/mol. The molecule has 1 aromatic rings. The van der Waals surface area contributed by atoms with Crippen LogP contribution < -0.4 is 0 Å².